The van der Waals surface area contributed by atoms with Crippen molar-refractivity contribution < 1.29 is 13.6 Å². The van der Waals surface area contributed by atoms with Gasteiger partial charge in [-0.1, -0.05) is 36.6 Å². The minimum absolute atomic E-state index is 0.138. The van der Waals surface area contributed by atoms with Crippen LogP contribution in [-0.4, -0.2) is 40.9 Å². The van der Waals surface area contributed by atoms with E-state index in [2.05, 4.69) is 40.8 Å². The first-order valence-electron chi connectivity index (χ1n) is 9.46. The molecule has 0 radical (unpaired) electrons. The second-order valence-corrected chi connectivity index (χ2v) is 7.75. The summed E-state index contributed by atoms with van der Waals surface area (Å²) in [5.74, 6) is 2.77. The molecule has 1 aromatic rings. The molecule has 6 heteroatoms. The molecule has 0 saturated heterocycles. The van der Waals surface area contributed by atoms with Crippen molar-refractivity contribution in [3.05, 3.63) is 35.4 Å². The lowest BCUT2D eigenvalue weighted by molar-refractivity contribution is -0.123. The monoisotopic (exact) mass is 392 g/mol. The molecule has 1 fully saturated rings. The highest BCUT2D eigenvalue weighted by Crippen LogP contribution is 2.30. The van der Waals surface area contributed by atoms with E-state index < -0.39 is 11.1 Å². The minimum atomic E-state index is -1.80. The number of hydrogen-bond donors (Lipinski definition) is 3. The van der Waals surface area contributed by atoms with Gasteiger partial charge >= 0.3 is 0 Å². The summed E-state index contributed by atoms with van der Waals surface area (Å²) in [6.07, 6.45) is 10.9. The smallest absolute Gasteiger partial charge is 0.153 e. The highest BCUT2D eigenvalue weighted by Gasteiger charge is 2.23. The molecule has 0 aromatic heterocycles. The maximum absolute atomic E-state index is 11.1. The first-order valence-corrected chi connectivity index (χ1v) is 10.7. The summed E-state index contributed by atoms with van der Waals surface area (Å²) < 4.78 is 18.9. The van der Waals surface area contributed by atoms with Gasteiger partial charge in [-0.05, 0) is 50.9 Å². The summed E-state index contributed by atoms with van der Waals surface area (Å²) >= 11 is -1.80. The number of Topliss-reactive ketones (excluding diaryl/α,β-unsaturated/α-hetero) is 1. The molecule has 0 amide bonds. The van der Waals surface area contributed by atoms with E-state index in [-0.39, 0.29) is 17.5 Å². The number of rotatable bonds is 4. The number of fused-ring (bicyclic) bond motifs is 1. The van der Waals surface area contributed by atoms with Gasteiger partial charge in [-0.3, -0.25) is 10.1 Å². The fourth-order valence-electron chi connectivity index (χ4n) is 3.35. The largest absolute Gasteiger partial charge is 0.323 e. The number of aryl methyl sites for hydroxylation is 1. The summed E-state index contributed by atoms with van der Waals surface area (Å²) in [4.78, 5) is 11.1. The van der Waals surface area contributed by atoms with E-state index in [0.29, 0.717) is 19.0 Å². The Kier molecular flexibility index (Phi) is 11.9. The summed E-state index contributed by atoms with van der Waals surface area (Å²) in [6, 6.07) is 9.06. The Balaban J connectivity index is 0.000000239. The van der Waals surface area contributed by atoms with Crippen LogP contribution >= 0.6 is 0 Å². The van der Waals surface area contributed by atoms with Gasteiger partial charge in [0.1, 0.15) is 5.78 Å². The molecule has 3 rings (SSSR count). The number of carbonyl (C=O) groups is 1. The van der Waals surface area contributed by atoms with Crippen LogP contribution in [0.2, 0.25) is 0 Å². The Bertz CT molecular complexity index is 643. The predicted molar refractivity (Wildman–Crippen MR) is 112 cm³/mol. The fourth-order valence-corrected chi connectivity index (χ4v) is 4.05. The SMILES string of the molecule is C#CCNC1CCc2ccccc21.CNC.O=C1CCCCC1CS(=O)O. The number of ketones is 1. The Morgan fingerprint density at radius 1 is 1.22 bits per heavy atom. The number of nitrogens with one attached hydrogen (secondary N) is 2. The van der Waals surface area contributed by atoms with Crippen molar-refractivity contribution >= 4 is 16.9 Å². The normalized spacial score (nSPS) is 21.6. The molecule has 0 spiro atoms. The average molecular weight is 393 g/mol. The summed E-state index contributed by atoms with van der Waals surface area (Å²) in [5.41, 5.74) is 2.90. The molecule has 1 saturated carbocycles. The van der Waals surface area contributed by atoms with Gasteiger partial charge in [0.15, 0.2) is 11.1 Å². The van der Waals surface area contributed by atoms with Gasteiger partial charge < -0.3 is 9.87 Å². The van der Waals surface area contributed by atoms with Crippen molar-refractivity contribution in [1.29, 1.82) is 0 Å². The Hall–Kier alpha value is -1.52. The maximum atomic E-state index is 11.1. The molecular weight excluding hydrogens is 360 g/mol. The number of terminal acetylenes is 1. The summed E-state index contributed by atoms with van der Waals surface area (Å²) in [7, 11) is 3.75. The van der Waals surface area contributed by atoms with Crippen LogP contribution < -0.4 is 10.6 Å². The highest BCUT2D eigenvalue weighted by atomic mass is 32.2. The number of benzene rings is 1. The molecule has 150 valence electrons. The lowest BCUT2D eigenvalue weighted by Crippen LogP contribution is -2.24. The van der Waals surface area contributed by atoms with Crippen molar-refractivity contribution in [2.75, 3.05) is 26.4 Å². The maximum Gasteiger partial charge on any atom is 0.153 e. The zero-order chi connectivity index (χ0) is 20.1. The molecular formula is C21H32N2O3S. The molecule has 27 heavy (non-hydrogen) atoms. The van der Waals surface area contributed by atoms with Crippen molar-refractivity contribution in [2.45, 2.75) is 44.6 Å². The van der Waals surface area contributed by atoms with E-state index in [1.807, 2.05) is 14.1 Å². The van der Waals surface area contributed by atoms with Gasteiger partial charge in [0.2, 0.25) is 0 Å². The molecule has 3 unspecified atom stereocenters. The second kappa shape index (κ2) is 13.6. The first-order chi connectivity index (χ1) is 13.0. The Morgan fingerprint density at radius 2 is 1.93 bits per heavy atom. The Labute approximate surface area is 166 Å². The van der Waals surface area contributed by atoms with Crippen LogP contribution in [0, 0.1) is 18.3 Å². The molecule has 2 aliphatic carbocycles. The molecule has 0 aliphatic heterocycles. The van der Waals surface area contributed by atoms with E-state index in [1.165, 1.54) is 24.0 Å². The average Bonchev–Trinajstić information content (AvgIpc) is 3.06. The van der Waals surface area contributed by atoms with Crippen molar-refractivity contribution in [3.63, 3.8) is 0 Å². The van der Waals surface area contributed by atoms with E-state index in [1.54, 1.807) is 0 Å². The van der Waals surface area contributed by atoms with Gasteiger partial charge in [-0.15, -0.1) is 6.42 Å². The van der Waals surface area contributed by atoms with E-state index in [4.69, 9.17) is 11.0 Å². The minimum Gasteiger partial charge on any atom is -0.323 e. The van der Waals surface area contributed by atoms with Gasteiger partial charge in [0.25, 0.3) is 0 Å². The summed E-state index contributed by atoms with van der Waals surface area (Å²) in [6.45, 7) is 0.666. The summed E-state index contributed by atoms with van der Waals surface area (Å²) in [5, 5.41) is 6.10. The molecule has 3 atom stereocenters. The molecule has 3 N–H and O–H groups in total. The van der Waals surface area contributed by atoms with Crippen molar-refractivity contribution in [3.8, 4) is 12.3 Å². The van der Waals surface area contributed by atoms with Crippen LogP contribution in [0.3, 0.4) is 0 Å². The molecule has 1 aromatic carbocycles. The zero-order valence-electron chi connectivity index (χ0n) is 16.4. The van der Waals surface area contributed by atoms with Crippen LogP contribution in [0.1, 0.15) is 49.3 Å². The van der Waals surface area contributed by atoms with Crippen molar-refractivity contribution in [2.24, 2.45) is 5.92 Å². The molecule has 5 nitrogen and oxygen atoms in total. The zero-order valence-corrected chi connectivity index (χ0v) is 17.2. The van der Waals surface area contributed by atoms with Gasteiger partial charge in [-0.2, -0.15) is 0 Å². The molecule has 2 aliphatic rings. The van der Waals surface area contributed by atoms with Gasteiger partial charge in [-0.25, -0.2) is 4.21 Å². The van der Waals surface area contributed by atoms with E-state index in [9.17, 15) is 9.00 Å². The van der Waals surface area contributed by atoms with Crippen molar-refractivity contribution in [1.82, 2.24) is 10.6 Å². The van der Waals surface area contributed by atoms with E-state index in [0.717, 1.165) is 19.3 Å². The second-order valence-electron chi connectivity index (χ2n) is 6.77. The van der Waals surface area contributed by atoms with Crippen LogP contribution in [0.25, 0.3) is 0 Å². The third kappa shape index (κ3) is 8.81. The van der Waals surface area contributed by atoms with E-state index >= 15 is 0 Å². The molecule has 0 bridgehead atoms. The third-order valence-electron chi connectivity index (χ3n) is 4.61. The standard InChI is InChI=1S/C12H13N.C7H12O3S.C2H7N/c1-2-9-13-12-8-7-10-5-3-4-6-11(10)12;8-7-4-2-1-3-6(7)5-11(9)10;1-3-2/h1,3-6,12-13H,7-9H2;6H,1-5H2,(H,9,10);3H,1-2H3. The number of hydrogen-bond acceptors (Lipinski definition) is 4. The molecule has 0 heterocycles. The van der Waals surface area contributed by atoms with Gasteiger partial charge in [0.05, 0.1) is 12.3 Å². The van der Waals surface area contributed by atoms with Gasteiger partial charge in [0, 0.05) is 18.4 Å². The first kappa shape index (κ1) is 23.5. The fraction of sp³-hybridized carbons (Fsp3) is 0.571. The quantitative estimate of drug-likeness (QED) is 0.542. The van der Waals surface area contributed by atoms with Crippen LogP contribution in [0.4, 0.5) is 0 Å². The lowest BCUT2D eigenvalue weighted by atomic mass is 9.89. The Morgan fingerprint density at radius 3 is 2.56 bits per heavy atom. The highest BCUT2D eigenvalue weighted by molar-refractivity contribution is 7.79. The predicted octanol–water partition coefficient (Wildman–Crippen LogP) is 2.70. The lowest BCUT2D eigenvalue weighted by Gasteiger charge is -2.18. The number of carbonyl (C=O) groups excluding carboxylic acids is 1. The van der Waals surface area contributed by atoms with Crippen LogP contribution in [0.15, 0.2) is 24.3 Å². The third-order valence-corrected chi connectivity index (χ3v) is 5.30. The topological polar surface area (TPSA) is 78.4 Å². The van der Waals surface area contributed by atoms with Crippen LogP contribution in [-0.2, 0) is 22.3 Å². The van der Waals surface area contributed by atoms with Crippen LogP contribution in [0.5, 0.6) is 0 Å².